The zero-order valence-electron chi connectivity index (χ0n) is 7.04. The Morgan fingerprint density at radius 3 is 2.67 bits per heavy atom. The van der Waals surface area contributed by atoms with Crippen LogP contribution in [0.4, 0.5) is 0 Å². The fourth-order valence-electron chi connectivity index (χ4n) is 1.24. The number of nitrogens with one attached hydrogen (secondary N) is 1. The summed E-state index contributed by atoms with van der Waals surface area (Å²) in [5, 5.41) is 11.2. The van der Waals surface area contributed by atoms with Crippen LogP contribution in [0.2, 0.25) is 0 Å². The van der Waals surface area contributed by atoms with Gasteiger partial charge in [0.1, 0.15) is 5.54 Å². The molecule has 0 bridgehead atoms. The quantitative estimate of drug-likeness (QED) is 0.587. The first-order chi connectivity index (χ1) is 5.58. The van der Waals surface area contributed by atoms with E-state index < -0.39 is 11.5 Å². The van der Waals surface area contributed by atoms with Crippen molar-refractivity contribution in [1.82, 2.24) is 5.32 Å². The molecule has 1 aliphatic rings. The number of rotatable bonds is 5. The number of carbonyl (C=O) groups is 2. The van der Waals surface area contributed by atoms with Crippen LogP contribution in [0.15, 0.2) is 0 Å². The summed E-state index contributed by atoms with van der Waals surface area (Å²) >= 11 is 0. The lowest BCUT2D eigenvalue weighted by Gasteiger charge is -2.23. The van der Waals surface area contributed by atoms with Crippen molar-refractivity contribution in [1.29, 1.82) is 0 Å². The Morgan fingerprint density at radius 1 is 1.75 bits per heavy atom. The number of carboxylic acids is 1. The molecule has 0 radical (unpaired) electrons. The molecule has 0 aromatic rings. The number of carboxylic acid groups (broad SMARTS) is 1. The third-order valence-electron chi connectivity index (χ3n) is 2.24. The SMILES string of the molecule is CC(CC1CC1)(NC=O)C(=O)O. The van der Waals surface area contributed by atoms with E-state index in [9.17, 15) is 9.59 Å². The van der Waals surface area contributed by atoms with Crippen molar-refractivity contribution < 1.29 is 14.7 Å². The van der Waals surface area contributed by atoms with Crippen LogP contribution in [0.3, 0.4) is 0 Å². The highest BCUT2D eigenvalue weighted by atomic mass is 16.4. The summed E-state index contributed by atoms with van der Waals surface area (Å²) in [4.78, 5) is 20.9. The third kappa shape index (κ3) is 1.96. The molecule has 1 aliphatic carbocycles. The smallest absolute Gasteiger partial charge is 0.329 e. The summed E-state index contributed by atoms with van der Waals surface area (Å²) in [7, 11) is 0. The van der Waals surface area contributed by atoms with Crippen molar-refractivity contribution in [2.24, 2.45) is 5.92 Å². The standard InChI is InChI=1S/C8H13NO3/c1-8(7(11)12,9-5-10)4-6-2-3-6/h5-6H,2-4H2,1H3,(H,9,10)(H,11,12). The van der Waals surface area contributed by atoms with E-state index in [1.165, 1.54) is 0 Å². The molecule has 0 spiro atoms. The van der Waals surface area contributed by atoms with Gasteiger partial charge in [-0.2, -0.15) is 0 Å². The topological polar surface area (TPSA) is 66.4 Å². The second kappa shape index (κ2) is 3.13. The van der Waals surface area contributed by atoms with E-state index in [1.54, 1.807) is 6.92 Å². The third-order valence-corrected chi connectivity index (χ3v) is 2.24. The molecular weight excluding hydrogens is 158 g/mol. The summed E-state index contributed by atoms with van der Waals surface area (Å²) in [6.07, 6.45) is 3.17. The molecule has 4 heteroatoms. The minimum absolute atomic E-state index is 0.455. The van der Waals surface area contributed by atoms with E-state index >= 15 is 0 Å². The second-order valence-corrected chi connectivity index (χ2v) is 3.55. The lowest BCUT2D eigenvalue weighted by Crippen LogP contribution is -2.49. The normalized spacial score (nSPS) is 21.1. The molecule has 1 amide bonds. The lowest BCUT2D eigenvalue weighted by molar-refractivity contribution is -0.145. The van der Waals surface area contributed by atoms with E-state index in [4.69, 9.17) is 5.11 Å². The molecule has 0 aromatic heterocycles. The van der Waals surface area contributed by atoms with Gasteiger partial charge >= 0.3 is 5.97 Å². The van der Waals surface area contributed by atoms with E-state index in [0.717, 1.165) is 12.8 Å². The predicted molar refractivity (Wildman–Crippen MR) is 42.6 cm³/mol. The fourth-order valence-corrected chi connectivity index (χ4v) is 1.24. The number of carbonyl (C=O) groups excluding carboxylic acids is 1. The molecule has 1 rings (SSSR count). The molecule has 68 valence electrons. The fraction of sp³-hybridized carbons (Fsp3) is 0.750. The minimum Gasteiger partial charge on any atom is -0.480 e. The summed E-state index contributed by atoms with van der Waals surface area (Å²) in [6, 6.07) is 0. The van der Waals surface area contributed by atoms with Gasteiger partial charge in [0, 0.05) is 0 Å². The highest BCUT2D eigenvalue weighted by Crippen LogP contribution is 2.36. The van der Waals surface area contributed by atoms with Gasteiger partial charge in [-0.3, -0.25) is 4.79 Å². The first kappa shape index (κ1) is 9.03. The highest BCUT2D eigenvalue weighted by molar-refractivity contribution is 5.80. The van der Waals surface area contributed by atoms with Gasteiger partial charge in [-0.25, -0.2) is 4.79 Å². The number of hydrogen-bond donors (Lipinski definition) is 2. The van der Waals surface area contributed by atoms with Crippen molar-refractivity contribution in [2.45, 2.75) is 31.7 Å². The molecule has 0 heterocycles. The molecule has 1 fully saturated rings. The Hall–Kier alpha value is -1.06. The van der Waals surface area contributed by atoms with Crippen molar-refractivity contribution in [2.75, 3.05) is 0 Å². The van der Waals surface area contributed by atoms with Gasteiger partial charge in [0.15, 0.2) is 0 Å². The molecule has 1 unspecified atom stereocenters. The minimum atomic E-state index is -1.07. The van der Waals surface area contributed by atoms with Crippen molar-refractivity contribution >= 4 is 12.4 Å². The van der Waals surface area contributed by atoms with Crippen LogP contribution in [-0.4, -0.2) is 23.0 Å². The molecule has 1 saturated carbocycles. The van der Waals surface area contributed by atoms with Crippen molar-refractivity contribution in [3.8, 4) is 0 Å². The largest absolute Gasteiger partial charge is 0.480 e. The van der Waals surface area contributed by atoms with Gasteiger partial charge < -0.3 is 10.4 Å². The van der Waals surface area contributed by atoms with Gasteiger partial charge in [-0.15, -0.1) is 0 Å². The van der Waals surface area contributed by atoms with Crippen LogP contribution in [-0.2, 0) is 9.59 Å². The van der Waals surface area contributed by atoms with Crippen molar-refractivity contribution in [3.63, 3.8) is 0 Å². The summed E-state index contributed by atoms with van der Waals surface area (Å²) < 4.78 is 0. The van der Waals surface area contributed by atoms with Crippen molar-refractivity contribution in [3.05, 3.63) is 0 Å². The van der Waals surface area contributed by atoms with Crippen LogP contribution in [0, 0.1) is 5.92 Å². The molecule has 0 saturated heterocycles. The van der Waals surface area contributed by atoms with Gasteiger partial charge in [0.05, 0.1) is 0 Å². The molecule has 12 heavy (non-hydrogen) atoms. The first-order valence-electron chi connectivity index (χ1n) is 4.03. The van der Waals surface area contributed by atoms with Gasteiger partial charge in [-0.1, -0.05) is 12.8 Å². The Kier molecular flexibility index (Phi) is 2.35. The number of hydrogen-bond acceptors (Lipinski definition) is 2. The molecule has 4 nitrogen and oxygen atoms in total. The summed E-state index contributed by atoms with van der Waals surface area (Å²) in [5.74, 6) is -0.472. The van der Waals surface area contributed by atoms with Crippen LogP contribution in [0.25, 0.3) is 0 Å². The molecule has 2 N–H and O–H groups in total. The molecule has 1 atom stereocenters. The van der Waals surface area contributed by atoms with E-state index in [-0.39, 0.29) is 0 Å². The zero-order chi connectivity index (χ0) is 9.19. The summed E-state index contributed by atoms with van der Waals surface area (Å²) in [5.41, 5.74) is -1.07. The Labute approximate surface area is 71.0 Å². The molecular formula is C8H13NO3. The maximum absolute atomic E-state index is 10.8. The number of aliphatic carboxylic acids is 1. The Bertz CT molecular complexity index is 200. The zero-order valence-corrected chi connectivity index (χ0v) is 7.04. The molecule has 0 aromatic carbocycles. The van der Waals surface area contributed by atoms with Gasteiger partial charge in [0.2, 0.25) is 6.41 Å². The molecule has 0 aliphatic heterocycles. The monoisotopic (exact) mass is 171 g/mol. The number of amides is 1. The first-order valence-corrected chi connectivity index (χ1v) is 4.03. The maximum Gasteiger partial charge on any atom is 0.329 e. The highest BCUT2D eigenvalue weighted by Gasteiger charge is 2.38. The van der Waals surface area contributed by atoms with Crippen LogP contribution in [0.1, 0.15) is 26.2 Å². The second-order valence-electron chi connectivity index (χ2n) is 3.55. The summed E-state index contributed by atoms with van der Waals surface area (Å²) in [6.45, 7) is 1.54. The Balaban J connectivity index is 2.55. The van der Waals surface area contributed by atoms with E-state index in [1.807, 2.05) is 0 Å². The van der Waals surface area contributed by atoms with Gasteiger partial charge in [0.25, 0.3) is 0 Å². The average Bonchev–Trinajstić information content (AvgIpc) is 2.71. The predicted octanol–water partition coefficient (Wildman–Crippen LogP) is 0.376. The maximum atomic E-state index is 10.8. The van der Waals surface area contributed by atoms with Gasteiger partial charge in [-0.05, 0) is 19.3 Å². The Morgan fingerprint density at radius 2 is 2.33 bits per heavy atom. The van der Waals surface area contributed by atoms with E-state index in [0.29, 0.717) is 18.7 Å². The average molecular weight is 171 g/mol. The van der Waals surface area contributed by atoms with Crippen LogP contribution < -0.4 is 5.32 Å². The van der Waals surface area contributed by atoms with E-state index in [2.05, 4.69) is 5.32 Å². The van der Waals surface area contributed by atoms with Crippen LogP contribution >= 0.6 is 0 Å². The van der Waals surface area contributed by atoms with Crippen LogP contribution in [0.5, 0.6) is 0 Å². The lowest BCUT2D eigenvalue weighted by atomic mass is 9.95.